The fourth-order valence-electron chi connectivity index (χ4n) is 0.950. The van der Waals surface area contributed by atoms with Gasteiger partial charge >= 0.3 is 0 Å². The molecular formula is C12H26Si. The van der Waals surface area contributed by atoms with Gasteiger partial charge in [-0.3, -0.25) is 0 Å². The fraction of sp³-hybridized carbons (Fsp3) is 0.833. The third-order valence-electron chi connectivity index (χ3n) is 3.19. The minimum atomic E-state index is -1.14. The van der Waals surface area contributed by atoms with E-state index in [1.807, 2.05) is 0 Å². The Kier molecular flexibility index (Phi) is 4.98. The molecule has 0 N–H and O–H groups in total. The van der Waals surface area contributed by atoms with Gasteiger partial charge in [-0.05, 0) is 11.5 Å². The number of hydrogen-bond donors (Lipinski definition) is 0. The fourth-order valence-corrected chi connectivity index (χ4v) is 2.21. The van der Waals surface area contributed by atoms with Crippen LogP contribution >= 0.6 is 0 Å². The molecule has 0 aromatic rings. The van der Waals surface area contributed by atoms with Crippen LogP contribution in [0.1, 0.15) is 47.0 Å². The molecule has 78 valence electrons. The van der Waals surface area contributed by atoms with Crippen LogP contribution in [0.4, 0.5) is 0 Å². The van der Waals surface area contributed by atoms with Gasteiger partial charge in [0.25, 0.3) is 0 Å². The molecule has 1 heteroatoms. The van der Waals surface area contributed by atoms with Gasteiger partial charge in [0.1, 0.15) is 0 Å². The van der Waals surface area contributed by atoms with Crippen molar-refractivity contribution in [3.05, 3.63) is 11.8 Å². The van der Waals surface area contributed by atoms with Gasteiger partial charge in [-0.25, -0.2) is 0 Å². The van der Waals surface area contributed by atoms with E-state index in [9.17, 15) is 0 Å². The second-order valence-electron chi connectivity index (χ2n) is 5.52. The molecule has 0 heterocycles. The van der Waals surface area contributed by atoms with E-state index in [0.717, 1.165) is 0 Å². The second kappa shape index (κ2) is 4.99. The molecular weight excluding hydrogens is 172 g/mol. The van der Waals surface area contributed by atoms with Crippen LogP contribution < -0.4 is 0 Å². The van der Waals surface area contributed by atoms with Gasteiger partial charge < -0.3 is 0 Å². The Labute approximate surface area is 85.4 Å². The monoisotopic (exact) mass is 198 g/mol. The SMILES string of the molecule is CCCC/C=C\[Si](C)(C)C(C)(C)C. The Morgan fingerprint density at radius 2 is 1.69 bits per heavy atom. The lowest BCUT2D eigenvalue weighted by molar-refractivity contribution is 0.728. The van der Waals surface area contributed by atoms with Crippen molar-refractivity contribution in [2.24, 2.45) is 0 Å². The molecule has 0 amide bonds. The molecule has 13 heavy (non-hydrogen) atoms. The van der Waals surface area contributed by atoms with Crippen LogP contribution in [0.3, 0.4) is 0 Å². The number of rotatable bonds is 4. The van der Waals surface area contributed by atoms with Crippen LogP contribution in [-0.2, 0) is 0 Å². The molecule has 0 fully saturated rings. The summed E-state index contributed by atoms with van der Waals surface area (Å²) in [5.41, 5.74) is 2.52. The highest BCUT2D eigenvalue weighted by Crippen LogP contribution is 2.36. The molecule has 0 saturated heterocycles. The maximum atomic E-state index is 2.52. The zero-order valence-corrected chi connectivity index (χ0v) is 11.3. The summed E-state index contributed by atoms with van der Waals surface area (Å²) in [5, 5.41) is 0.496. The Morgan fingerprint density at radius 3 is 2.08 bits per heavy atom. The van der Waals surface area contributed by atoms with E-state index in [-0.39, 0.29) is 0 Å². The largest absolute Gasteiger partial charge is 0.0981 e. The topological polar surface area (TPSA) is 0 Å². The zero-order valence-electron chi connectivity index (χ0n) is 10.3. The van der Waals surface area contributed by atoms with Crippen molar-refractivity contribution in [3.63, 3.8) is 0 Å². The predicted molar refractivity (Wildman–Crippen MR) is 65.9 cm³/mol. The smallest absolute Gasteiger partial charge is 0.0766 e. The molecule has 0 aliphatic rings. The second-order valence-corrected chi connectivity index (χ2v) is 10.8. The molecule has 0 spiro atoms. The summed E-state index contributed by atoms with van der Waals surface area (Å²) in [4.78, 5) is 0. The third-order valence-corrected chi connectivity index (χ3v) is 8.13. The lowest BCUT2D eigenvalue weighted by Gasteiger charge is -2.34. The summed E-state index contributed by atoms with van der Waals surface area (Å²) in [5.74, 6) is 0. The highest BCUT2D eigenvalue weighted by Gasteiger charge is 2.31. The Hall–Kier alpha value is -0.0431. The molecule has 0 rings (SSSR count). The predicted octanol–water partition coefficient (Wildman–Crippen LogP) is 4.78. The summed E-state index contributed by atoms with van der Waals surface area (Å²) < 4.78 is 0. The van der Waals surface area contributed by atoms with Gasteiger partial charge in [0.2, 0.25) is 0 Å². The Balaban J connectivity index is 4.09. The molecule has 0 saturated carbocycles. The van der Waals surface area contributed by atoms with E-state index >= 15 is 0 Å². The molecule has 0 nitrogen and oxygen atoms in total. The first kappa shape index (κ1) is 13.0. The van der Waals surface area contributed by atoms with Crippen LogP contribution in [0.25, 0.3) is 0 Å². The van der Waals surface area contributed by atoms with E-state index in [0.29, 0.717) is 5.04 Å². The van der Waals surface area contributed by atoms with E-state index in [4.69, 9.17) is 0 Å². The lowest BCUT2D eigenvalue weighted by atomic mass is 10.2. The summed E-state index contributed by atoms with van der Waals surface area (Å²) in [6.45, 7) is 14.3. The first-order valence-electron chi connectivity index (χ1n) is 5.49. The first-order valence-corrected chi connectivity index (χ1v) is 8.56. The number of unbranched alkanes of at least 4 members (excludes halogenated alkanes) is 2. The highest BCUT2D eigenvalue weighted by molar-refractivity contribution is 6.84. The summed E-state index contributed by atoms with van der Waals surface area (Å²) in [6, 6.07) is 0. The minimum Gasteiger partial charge on any atom is -0.0981 e. The van der Waals surface area contributed by atoms with E-state index in [1.165, 1.54) is 19.3 Å². The van der Waals surface area contributed by atoms with Crippen LogP contribution in [0, 0.1) is 0 Å². The van der Waals surface area contributed by atoms with Crippen LogP contribution in [-0.4, -0.2) is 8.07 Å². The van der Waals surface area contributed by atoms with Crippen LogP contribution in [0.5, 0.6) is 0 Å². The normalized spacial score (nSPS) is 14.0. The van der Waals surface area contributed by atoms with Crippen molar-refractivity contribution in [1.29, 1.82) is 0 Å². The molecule has 0 aromatic heterocycles. The molecule has 0 bridgehead atoms. The van der Waals surface area contributed by atoms with Crippen molar-refractivity contribution >= 4 is 8.07 Å². The van der Waals surface area contributed by atoms with Crippen molar-refractivity contribution in [1.82, 2.24) is 0 Å². The van der Waals surface area contributed by atoms with Gasteiger partial charge in [-0.15, -0.1) is 0 Å². The maximum absolute atomic E-state index is 2.52. The highest BCUT2D eigenvalue weighted by atomic mass is 28.3. The average Bonchev–Trinajstić information content (AvgIpc) is 1.96. The van der Waals surface area contributed by atoms with Gasteiger partial charge in [0.05, 0.1) is 8.07 Å². The zero-order chi connectivity index (χ0) is 10.5. The van der Waals surface area contributed by atoms with E-state index in [1.54, 1.807) is 0 Å². The standard InChI is InChI=1S/C12H26Si/c1-7-8-9-10-11-13(5,6)12(2,3)4/h10-11H,7-9H2,1-6H3/b11-10-. The first-order chi connectivity index (χ1) is 5.81. The quantitative estimate of drug-likeness (QED) is 0.450. The Morgan fingerprint density at radius 1 is 1.15 bits per heavy atom. The molecule has 0 aliphatic carbocycles. The van der Waals surface area contributed by atoms with Gasteiger partial charge in [-0.1, -0.05) is 65.4 Å². The molecule has 0 radical (unpaired) electrons. The minimum absolute atomic E-state index is 0.496. The maximum Gasteiger partial charge on any atom is 0.0766 e. The Bertz CT molecular complexity index is 160. The van der Waals surface area contributed by atoms with E-state index < -0.39 is 8.07 Å². The molecule has 0 aliphatic heterocycles. The summed E-state index contributed by atoms with van der Waals surface area (Å²) in [6.07, 6.45) is 6.32. The summed E-state index contributed by atoms with van der Waals surface area (Å²) >= 11 is 0. The molecule has 0 aromatic carbocycles. The number of hydrogen-bond acceptors (Lipinski definition) is 0. The van der Waals surface area contributed by atoms with Crippen molar-refractivity contribution in [3.8, 4) is 0 Å². The van der Waals surface area contributed by atoms with Gasteiger partial charge in [0, 0.05) is 0 Å². The van der Waals surface area contributed by atoms with Crippen molar-refractivity contribution in [2.75, 3.05) is 0 Å². The van der Waals surface area contributed by atoms with Crippen LogP contribution in [0.15, 0.2) is 11.8 Å². The molecule has 0 atom stereocenters. The van der Waals surface area contributed by atoms with Gasteiger partial charge in [0.15, 0.2) is 0 Å². The third kappa shape index (κ3) is 4.66. The number of allylic oxidation sites excluding steroid dienone is 1. The van der Waals surface area contributed by atoms with Crippen molar-refractivity contribution < 1.29 is 0 Å². The molecule has 0 unspecified atom stereocenters. The van der Waals surface area contributed by atoms with Gasteiger partial charge in [-0.2, -0.15) is 0 Å². The lowest BCUT2D eigenvalue weighted by Crippen LogP contribution is -2.34. The van der Waals surface area contributed by atoms with Crippen LogP contribution in [0.2, 0.25) is 18.1 Å². The van der Waals surface area contributed by atoms with Crippen molar-refractivity contribution in [2.45, 2.75) is 65.1 Å². The van der Waals surface area contributed by atoms with E-state index in [2.05, 4.69) is 52.6 Å². The summed E-state index contributed by atoms with van der Waals surface area (Å²) in [7, 11) is -1.14. The average molecular weight is 198 g/mol.